The quantitative estimate of drug-likeness (QED) is 0.719. The summed E-state index contributed by atoms with van der Waals surface area (Å²) in [6.45, 7) is -1.45. The predicted octanol–water partition coefficient (Wildman–Crippen LogP) is 2.98. The van der Waals surface area contributed by atoms with Crippen molar-refractivity contribution in [3.63, 3.8) is 0 Å². The Bertz CT molecular complexity index is 858. The summed E-state index contributed by atoms with van der Waals surface area (Å²) in [5.74, 6) is -0.764. The van der Waals surface area contributed by atoms with Crippen molar-refractivity contribution in [3.05, 3.63) is 47.5 Å². The van der Waals surface area contributed by atoms with E-state index >= 15 is 0 Å². The van der Waals surface area contributed by atoms with Crippen molar-refractivity contribution in [2.24, 2.45) is 0 Å². The molecule has 0 radical (unpaired) electrons. The lowest BCUT2D eigenvalue weighted by Crippen LogP contribution is -2.33. The summed E-state index contributed by atoms with van der Waals surface area (Å²) in [6, 6.07) is 9.03. The molecule has 2 aromatic carbocycles. The molecule has 0 spiro atoms. The Morgan fingerprint density at radius 3 is 2.32 bits per heavy atom. The summed E-state index contributed by atoms with van der Waals surface area (Å²) in [5.41, 5.74) is 1.54. The second kappa shape index (κ2) is 9.54. The maximum Gasteiger partial charge on any atom is 0.387 e. The minimum atomic E-state index is -3.02. The SMILES string of the molecule is COc1ccc(C)cc1NC(=O)CNC(=O)c1ccc(OC(F)F)c(OC)c1. The zero-order valence-electron chi connectivity index (χ0n) is 15.5. The van der Waals surface area contributed by atoms with Crippen LogP contribution in [0.2, 0.25) is 0 Å². The van der Waals surface area contributed by atoms with Crippen LogP contribution in [0.5, 0.6) is 17.2 Å². The molecule has 0 unspecified atom stereocenters. The molecule has 7 nitrogen and oxygen atoms in total. The average molecular weight is 394 g/mol. The molecule has 0 aliphatic carbocycles. The zero-order valence-corrected chi connectivity index (χ0v) is 15.5. The molecule has 0 aromatic heterocycles. The average Bonchev–Trinajstić information content (AvgIpc) is 2.66. The standard InChI is InChI=1S/C19H20F2N2O5/c1-11-4-6-14(26-2)13(8-11)23-17(24)10-22-18(25)12-5-7-15(28-19(20)21)16(9-12)27-3/h4-9,19H,10H2,1-3H3,(H,22,25)(H,23,24). The number of carbonyl (C=O) groups excluding carboxylic acids is 2. The first-order chi connectivity index (χ1) is 13.3. The van der Waals surface area contributed by atoms with Crippen LogP contribution in [0.4, 0.5) is 14.5 Å². The van der Waals surface area contributed by atoms with Crippen LogP contribution in [-0.4, -0.2) is 39.2 Å². The molecule has 150 valence electrons. The van der Waals surface area contributed by atoms with Crippen molar-refractivity contribution in [1.29, 1.82) is 0 Å². The van der Waals surface area contributed by atoms with Crippen molar-refractivity contribution >= 4 is 17.5 Å². The van der Waals surface area contributed by atoms with E-state index in [0.717, 1.165) is 5.56 Å². The Kier molecular flexibility index (Phi) is 7.14. The summed E-state index contributed by atoms with van der Waals surface area (Å²) in [4.78, 5) is 24.3. The van der Waals surface area contributed by atoms with Crippen LogP contribution in [-0.2, 0) is 4.79 Å². The number of hydrogen-bond donors (Lipinski definition) is 2. The molecule has 0 aliphatic heterocycles. The normalized spacial score (nSPS) is 10.4. The van der Waals surface area contributed by atoms with Gasteiger partial charge in [0.15, 0.2) is 11.5 Å². The van der Waals surface area contributed by atoms with E-state index in [9.17, 15) is 18.4 Å². The second-order valence-electron chi connectivity index (χ2n) is 5.68. The third-order valence-corrected chi connectivity index (χ3v) is 3.68. The molecular weight excluding hydrogens is 374 g/mol. The van der Waals surface area contributed by atoms with Crippen molar-refractivity contribution in [3.8, 4) is 17.2 Å². The van der Waals surface area contributed by atoms with Gasteiger partial charge in [0.1, 0.15) is 5.75 Å². The zero-order chi connectivity index (χ0) is 20.7. The predicted molar refractivity (Wildman–Crippen MR) is 98.3 cm³/mol. The third kappa shape index (κ3) is 5.57. The van der Waals surface area contributed by atoms with Gasteiger partial charge in [-0.25, -0.2) is 0 Å². The number of benzene rings is 2. The molecule has 0 aliphatic rings. The largest absolute Gasteiger partial charge is 0.495 e. The van der Waals surface area contributed by atoms with Crippen LogP contribution in [0.3, 0.4) is 0 Å². The fourth-order valence-corrected chi connectivity index (χ4v) is 2.38. The first-order valence-electron chi connectivity index (χ1n) is 8.19. The van der Waals surface area contributed by atoms with Crippen molar-refractivity contribution in [1.82, 2.24) is 5.32 Å². The van der Waals surface area contributed by atoms with E-state index in [2.05, 4.69) is 15.4 Å². The molecule has 0 saturated heterocycles. The van der Waals surface area contributed by atoms with Gasteiger partial charge < -0.3 is 24.8 Å². The number of aryl methyl sites for hydroxylation is 1. The van der Waals surface area contributed by atoms with Crippen LogP contribution in [0.1, 0.15) is 15.9 Å². The first kappa shape index (κ1) is 20.9. The third-order valence-electron chi connectivity index (χ3n) is 3.68. The fraction of sp³-hybridized carbons (Fsp3) is 0.263. The number of ether oxygens (including phenoxy) is 3. The van der Waals surface area contributed by atoms with Gasteiger partial charge in [-0.1, -0.05) is 6.07 Å². The van der Waals surface area contributed by atoms with Crippen molar-refractivity contribution in [2.75, 3.05) is 26.1 Å². The molecule has 0 fully saturated rings. The lowest BCUT2D eigenvalue weighted by atomic mass is 10.2. The number of halogens is 2. The van der Waals surface area contributed by atoms with Crippen LogP contribution < -0.4 is 24.8 Å². The van der Waals surface area contributed by atoms with E-state index in [-0.39, 0.29) is 23.6 Å². The van der Waals surface area contributed by atoms with E-state index < -0.39 is 18.4 Å². The van der Waals surface area contributed by atoms with Gasteiger partial charge in [-0.2, -0.15) is 8.78 Å². The van der Waals surface area contributed by atoms with Gasteiger partial charge >= 0.3 is 6.61 Å². The molecule has 0 saturated carbocycles. The molecule has 2 rings (SSSR count). The van der Waals surface area contributed by atoms with Gasteiger partial charge in [-0.3, -0.25) is 9.59 Å². The Morgan fingerprint density at radius 1 is 1.00 bits per heavy atom. The highest BCUT2D eigenvalue weighted by molar-refractivity contribution is 6.00. The van der Waals surface area contributed by atoms with Crippen LogP contribution in [0.15, 0.2) is 36.4 Å². The summed E-state index contributed by atoms with van der Waals surface area (Å²) < 4.78 is 39.1. The number of hydrogen-bond acceptors (Lipinski definition) is 5. The van der Waals surface area contributed by atoms with Gasteiger partial charge in [-0.15, -0.1) is 0 Å². The van der Waals surface area contributed by atoms with Crippen molar-refractivity contribution < 1.29 is 32.6 Å². The monoisotopic (exact) mass is 394 g/mol. The van der Waals surface area contributed by atoms with Gasteiger partial charge in [0.2, 0.25) is 5.91 Å². The number of methoxy groups -OCH3 is 2. The molecule has 9 heteroatoms. The van der Waals surface area contributed by atoms with Crippen LogP contribution >= 0.6 is 0 Å². The van der Waals surface area contributed by atoms with Crippen LogP contribution in [0.25, 0.3) is 0 Å². The smallest absolute Gasteiger partial charge is 0.387 e. The van der Waals surface area contributed by atoms with E-state index in [1.807, 2.05) is 13.0 Å². The van der Waals surface area contributed by atoms with E-state index in [4.69, 9.17) is 9.47 Å². The maximum absolute atomic E-state index is 12.4. The molecule has 2 N–H and O–H groups in total. The fourth-order valence-electron chi connectivity index (χ4n) is 2.38. The van der Waals surface area contributed by atoms with Crippen molar-refractivity contribution in [2.45, 2.75) is 13.5 Å². The van der Waals surface area contributed by atoms with Gasteiger partial charge in [0.05, 0.1) is 26.5 Å². The molecule has 28 heavy (non-hydrogen) atoms. The van der Waals surface area contributed by atoms with Gasteiger partial charge in [-0.05, 0) is 42.8 Å². The lowest BCUT2D eigenvalue weighted by Gasteiger charge is -2.13. The number of nitrogens with one attached hydrogen (secondary N) is 2. The summed E-state index contributed by atoms with van der Waals surface area (Å²) in [5, 5.41) is 5.10. The minimum Gasteiger partial charge on any atom is -0.495 e. The lowest BCUT2D eigenvalue weighted by molar-refractivity contribution is -0.115. The number of anilines is 1. The Hall–Kier alpha value is -3.36. The minimum absolute atomic E-state index is 0.0260. The Morgan fingerprint density at radius 2 is 1.68 bits per heavy atom. The van der Waals surface area contributed by atoms with Gasteiger partial charge in [0.25, 0.3) is 5.91 Å². The molecule has 0 atom stereocenters. The van der Waals surface area contributed by atoms with E-state index in [0.29, 0.717) is 11.4 Å². The molecule has 0 heterocycles. The van der Waals surface area contributed by atoms with Gasteiger partial charge in [0, 0.05) is 5.56 Å². The molecular formula is C19H20F2N2O5. The van der Waals surface area contributed by atoms with Crippen LogP contribution in [0, 0.1) is 6.92 Å². The molecule has 2 aromatic rings. The highest BCUT2D eigenvalue weighted by Gasteiger charge is 2.15. The Balaban J connectivity index is 2.00. The highest BCUT2D eigenvalue weighted by atomic mass is 19.3. The number of amides is 2. The topological polar surface area (TPSA) is 85.9 Å². The summed E-state index contributed by atoms with van der Waals surface area (Å²) in [6.07, 6.45) is 0. The summed E-state index contributed by atoms with van der Waals surface area (Å²) in [7, 11) is 2.74. The Labute approximate surface area is 160 Å². The number of rotatable bonds is 8. The maximum atomic E-state index is 12.4. The second-order valence-corrected chi connectivity index (χ2v) is 5.68. The molecule has 2 amide bonds. The molecule has 0 bridgehead atoms. The number of carbonyl (C=O) groups is 2. The van der Waals surface area contributed by atoms with E-state index in [1.165, 1.54) is 32.4 Å². The van der Waals surface area contributed by atoms with E-state index in [1.54, 1.807) is 12.1 Å². The number of alkyl halides is 2. The first-order valence-corrected chi connectivity index (χ1v) is 8.19. The highest BCUT2D eigenvalue weighted by Crippen LogP contribution is 2.29. The summed E-state index contributed by atoms with van der Waals surface area (Å²) >= 11 is 0.